The summed E-state index contributed by atoms with van der Waals surface area (Å²) in [5, 5.41) is 12.8. The number of rotatable bonds is 6. The fourth-order valence-corrected chi connectivity index (χ4v) is 3.49. The van der Waals surface area contributed by atoms with Gasteiger partial charge in [0.05, 0.1) is 18.2 Å². The van der Waals surface area contributed by atoms with Crippen molar-refractivity contribution in [3.63, 3.8) is 0 Å². The predicted molar refractivity (Wildman–Crippen MR) is 105 cm³/mol. The van der Waals surface area contributed by atoms with Crippen molar-refractivity contribution in [1.29, 1.82) is 0 Å². The normalized spacial score (nSPS) is 15.0. The molecule has 1 unspecified atom stereocenters. The second-order valence-electron chi connectivity index (χ2n) is 6.32. The van der Waals surface area contributed by atoms with Crippen molar-refractivity contribution < 1.29 is 24.1 Å². The van der Waals surface area contributed by atoms with Gasteiger partial charge in [-0.2, -0.15) is 0 Å². The highest BCUT2D eigenvalue weighted by atomic mass is 79.9. The van der Waals surface area contributed by atoms with Gasteiger partial charge in [0.1, 0.15) is 17.6 Å². The molecule has 2 aromatic rings. The van der Waals surface area contributed by atoms with Crippen LogP contribution in [0.4, 0.5) is 0 Å². The average molecular weight is 436 g/mol. The molecule has 1 atom stereocenters. The molecule has 1 aliphatic rings. The number of halogens is 1. The van der Waals surface area contributed by atoms with Crippen LogP contribution in [0.5, 0.6) is 23.0 Å². The first kappa shape index (κ1) is 19.4. The van der Waals surface area contributed by atoms with Gasteiger partial charge in [0.25, 0.3) is 5.91 Å². The minimum absolute atomic E-state index is 0.0439. The van der Waals surface area contributed by atoms with E-state index in [1.165, 1.54) is 13.2 Å². The Kier molecular flexibility index (Phi) is 5.79. The molecule has 2 aromatic carbocycles. The van der Waals surface area contributed by atoms with Gasteiger partial charge in [0.15, 0.2) is 11.5 Å². The lowest BCUT2D eigenvalue weighted by molar-refractivity contribution is 0.0950. The molecule has 0 saturated heterocycles. The molecule has 0 aliphatic carbocycles. The zero-order valence-electron chi connectivity index (χ0n) is 15.5. The first-order valence-corrected chi connectivity index (χ1v) is 9.52. The molecule has 1 aliphatic heterocycles. The van der Waals surface area contributed by atoms with Crippen LogP contribution in [0.3, 0.4) is 0 Å². The number of amides is 1. The molecule has 1 amide bonds. The Morgan fingerprint density at radius 1 is 1.33 bits per heavy atom. The van der Waals surface area contributed by atoms with Gasteiger partial charge in [0.2, 0.25) is 0 Å². The quantitative estimate of drug-likeness (QED) is 0.720. The molecule has 27 heavy (non-hydrogen) atoms. The minimum Gasteiger partial charge on any atom is -0.503 e. The lowest BCUT2D eigenvalue weighted by Gasteiger charge is -2.14. The Morgan fingerprint density at radius 3 is 2.81 bits per heavy atom. The number of hydrogen-bond acceptors (Lipinski definition) is 5. The Balaban J connectivity index is 1.79. The van der Waals surface area contributed by atoms with Gasteiger partial charge in [-0.25, -0.2) is 0 Å². The summed E-state index contributed by atoms with van der Waals surface area (Å²) in [6, 6.07) is 6.96. The zero-order valence-corrected chi connectivity index (χ0v) is 17.1. The molecule has 6 nitrogen and oxygen atoms in total. The predicted octanol–water partition coefficient (Wildman–Crippen LogP) is 3.82. The Labute approximate surface area is 166 Å². The molecule has 1 heterocycles. The average Bonchev–Trinajstić information content (AvgIpc) is 3.00. The number of phenols is 1. The number of hydrogen-bond donors (Lipinski definition) is 2. The first-order chi connectivity index (χ1) is 12.9. The smallest absolute Gasteiger partial charge is 0.251 e. The molecule has 2 N–H and O–H groups in total. The number of aromatic hydroxyl groups is 1. The van der Waals surface area contributed by atoms with Crippen molar-refractivity contribution in [3.8, 4) is 23.0 Å². The third kappa shape index (κ3) is 4.13. The highest BCUT2D eigenvalue weighted by Crippen LogP contribution is 2.36. The summed E-state index contributed by atoms with van der Waals surface area (Å²) in [7, 11) is 1.43. The van der Waals surface area contributed by atoms with E-state index < -0.39 is 0 Å². The van der Waals surface area contributed by atoms with E-state index in [1.54, 1.807) is 6.07 Å². The van der Waals surface area contributed by atoms with Gasteiger partial charge >= 0.3 is 0 Å². The van der Waals surface area contributed by atoms with E-state index in [-0.39, 0.29) is 23.5 Å². The molecule has 0 aromatic heterocycles. The molecule has 0 bridgehead atoms. The first-order valence-electron chi connectivity index (χ1n) is 8.72. The van der Waals surface area contributed by atoms with Gasteiger partial charge in [0, 0.05) is 29.7 Å². The number of phenolic OH excluding ortho intramolecular Hbond substituents is 1. The number of carbonyl (C=O) groups excluding carboxylic acids is 1. The maximum Gasteiger partial charge on any atom is 0.251 e. The lowest BCUT2D eigenvalue weighted by atomic mass is 10.1. The van der Waals surface area contributed by atoms with Crippen LogP contribution in [0.25, 0.3) is 0 Å². The van der Waals surface area contributed by atoms with Crippen LogP contribution in [-0.4, -0.2) is 30.8 Å². The highest BCUT2D eigenvalue weighted by molar-refractivity contribution is 9.10. The molecule has 144 valence electrons. The van der Waals surface area contributed by atoms with Crippen LogP contribution in [0, 0.1) is 0 Å². The molecular weight excluding hydrogens is 414 g/mol. The van der Waals surface area contributed by atoms with Gasteiger partial charge < -0.3 is 24.6 Å². The second-order valence-corrected chi connectivity index (χ2v) is 7.18. The maximum atomic E-state index is 12.6. The van der Waals surface area contributed by atoms with E-state index >= 15 is 0 Å². The van der Waals surface area contributed by atoms with Crippen molar-refractivity contribution >= 4 is 21.8 Å². The number of benzene rings is 2. The third-order valence-electron chi connectivity index (χ3n) is 4.33. The Bertz CT molecular complexity index is 868. The summed E-state index contributed by atoms with van der Waals surface area (Å²) in [4.78, 5) is 12.6. The SMILES string of the molecule is CCOc1cc2c(cc1CNC(=O)c1cc(Br)c(O)c(OC)c1)OC(C)C2. The monoisotopic (exact) mass is 435 g/mol. The van der Waals surface area contributed by atoms with Crippen LogP contribution >= 0.6 is 15.9 Å². The number of nitrogens with one attached hydrogen (secondary N) is 1. The van der Waals surface area contributed by atoms with Crippen LogP contribution < -0.4 is 19.5 Å². The largest absolute Gasteiger partial charge is 0.503 e. The second kappa shape index (κ2) is 8.08. The molecule has 7 heteroatoms. The summed E-state index contributed by atoms with van der Waals surface area (Å²) >= 11 is 3.23. The maximum absolute atomic E-state index is 12.6. The van der Waals surface area contributed by atoms with E-state index in [0.717, 1.165) is 29.0 Å². The van der Waals surface area contributed by atoms with E-state index in [2.05, 4.69) is 21.2 Å². The van der Waals surface area contributed by atoms with Crippen molar-refractivity contribution in [3.05, 3.63) is 45.4 Å². The number of carbonyl (C=O) groups is 1. The van der Waals surface area contributed by atoms with Gasteiger partial charge in [-0.15, -0.1) is 0 Å². The summed E-state index contributed by atoms with van der Waals surface area (Å²) < 4.78 is 17.0. The Hall–Kier alpha value is -2.41. The standard InChI is InChI=1S/C20H22BrNO5/c1-4-26-16-7-12-5-11(2)27-17(12)9-14(16)10-22-20(24)13-6-15(21)19(23)18(8-13)25-3/h6-9,11,23H,4-5,10H2,1-3H3,(H,22,24). The molecule has 0 saturated carbocycles. The molecular formula is C20H22BrNO5. The van der Waals surface area contributed by atoms with Crippen molar-refractivity contribution in [1.82, 2.24) is 5.32 Å². The van der Waals surface area contributed by atoms with Gasteiger partial charge in [-0.3, -0.25) is 4.79 Å². The van der Waals surface area contributed by atoms with Gasteiger partial charge in [-0.05, 0) is 54.0 Å². The molecule has 3 rings (SSSR count). The van der Waals surface area contributed by atoms with E-state index in [9.17, 15) is 9.90 Å². The van der Waals surface area contributed by atoms with Crippen molar-refractivity contribution in [2.75, 3.05) is 13.7 Å². The third-order valence-corrected chi connectivity index (χ3v) is 4.93. The molecule has 0 fully saturated rings. The van der Waals surface area contributed by atoms with Crippen LogP contribution in [0.1, 0.15) is 35.3 Å². The van der Waals surface area contributed by atoms with Crippen molar-refractivity contribution in [2.45, 2.75) is 32.9 Å². The Morgan fingerprint density at radius 2 is 2.11 bits per heavy atom. The van der Waals surface area contributed by atoms with Crippen LogP contribution in [0.2, 0.25) is 0 Å². The van der Waals surface area contributed by atoms with Gasteiger partial charge in [-0.1, -0.05) is 0 Å². The van der Waals surface area contributed by atoms with E-state index in [4.69, 9.17) is 14.2 Å². The van der Waals surface area contributed by atoms with Crippen molar-refractivity contribution in [2.24, 2.45) is 0 Å². The number of fused-ring (bicyclic) bond motifs is 1. The summed E-state index contributed by atoms with van der Waals surface area (Å²) in [6.45, 7) is 4.78. The highest BCUT2D eigenvalue weighted by Gasteiger charge is 2.22. The summed E-state index contributed by atoms with van der Waals surface area (Å²) in [5.41, 5.74) is 2.34. The molecule has 0 radical (unpaired) electrons. The molecule has 0 spiro atoms. The fourth-order valence-electron chi connectivity index (χ4n) is 3.05. The minimum atomic E-state index is -0.286. The fraction of sp³-hybridized carbons (Fsp3) is 0.350. The summed E-state index contributed by atoms with van der Waals surface area (Å²) in [5.74, 6) is 1.48. The summed E-state index contributed by atoms with van der Waals surface area (Å²) in [6.07, 6.45) is 0.991. The number of ether oxygens (including phenoxy) is 3. The number of methoxy groups -OCH3 is 1. The van der Waals surface area contributed by atoms with E-state index in [0.29, 0.717) is 23.2 Å². The van der Waals surface area contributed by atoms with Crippen LogP contribution in [0.15, 0.2) is 28.7 Å². The lowest BCUT2D eigenvalue weighted by Crippen LogP contribution is -2.23. The topological polar surface area (TPSA) is 77.0 Å². The zero-order chi connectivity index (χ0) is 19.6. The van der Waals surface area contributed by atoms with E-state index in [1.807, 2.05) is 26.0 Å². The van der Waals surface area contributed by atoms with Crippen LogP contribution in [-0.2, 0) is 13.0 Å².